The zero-order valence-electron chi connectivity index (χ0n) is 8.20. The Bertz CT molecular complexity index is 460. The van der Waals surface area contributed by atoms with Crippen molar-refractivity contribution in [1.82, 2.24) is 0 Å². The van der Waals surface area contributed by atoms with Gasteiger partial charge in [-0.25, -0.2) is 0 Å². The maximum absolute atomic E-state index is 5.44. The van der Waals surface area contributed by atoms with E-state index in [1.54, 1.807) is 11.3 Å². The molecule has 0 saturated heterocycles. The van der Waals surface area contributed by atoms with Crippen molar-refractivity contribution in [1.29, 1.82) is 0 Å². The van der Waals surface area contributed by atoms with Crippen LogP contribution in [-0.4, -0.2) is 6.61 Å². The summed E-state index contributed by atoms with van der Waals surface area (Å²) in [6, 6.07) is 6.15. The van der Waals surface area contributed by atoms with Crippen molar-refractivity contribution in [2.45, 2.75) is 18.7 Å². The van der Waals surface area contributed by atoms with Gasteiger partial charge in [-0.15, -0.1) is 24.0 Å². The van der Waals surface area contributed by atoms with Gasteiger partial charge in [0.2, 0.25) is 0 Å². The van der Waals surface area contributed by atoms with Gasteiger partial charge in [0.25, 0.3) is 0 Å². The van der Waals surface area contributed by atoms with Gasteiger partial charge in [0, 0.05) is 19.9 Å². The van der Waals surface area contributed by atoms with E-state index < -0.39 is 0 Å². The molecule has 0 unspecified atom stereocenters. The van der Waals surface area contributed by atoms with Crippen LogP contribution >= 0.6 is 24.0 Å². The Hall–Kier alpha value is -0.670. The molecule has 2 aromatic rings. The molecule has 1 aromatic carbocycles. The highest BCUT2D eigenvalue weighted by Gasteiger charge is 2.06. The van der Waals surface area contributed by atoms with Crippen LogP contribution in [0.2, 0.25) is 0 Å². The first-order valence-corrected chi connectivity index (χ1v) is 5.83. The molecule has 0 bridgehead atoms. The fourth-order valence-corrected chi connectivity index (χ4v) is 2.84. The predicted octanol–water partition coefficient (Wildman–Crippen LogP) is 3.90. The lowest BCUT2D eigenvalue weighted by Crippen LogP contribution is -1.89. The lowest BCUT2D eigenvalue weighted by atomic mass is 10.2. The molecule has 2 rings (SSSR count). The zero-order valence-corrected chi connectivity index (χ0v) is 9.91. The molecule has 14 heavy (non-hydrogen) atoms. The van der Waals surface area contributed by atoms with Gasteiger partial charge in [0.1, 0.15) is 5.75 Å². The van der Waals surface area contributed by atoms with Crippen molar-refractivity contribution in [3.8, 4) is 5.75 Å². The molecule has 0 saturated carbocycles. The van der Waals surface area contributed by atoms with Crippen LogP contribution in [0.25, 0.3) is 10.1 Å². The molecule has 0 N–H and O–H groups in total. The quantitative estimate of drug-likeness (QED) is 0.761. The Morgan fingerprint density at radius 2 is 2.21 bits per heavy atom. The van der Waals surface area contributed by atoms with E-state index in [0.29, 0.717) is 6.61 Å². The number of hydrogen-bond donors (Lipinski definition) is 1. The average molecular weight is 224 g/mol. The molecule has 3 heteroatoms. The molecule has 0 spiro atoms. The van der Waals surface area contributed by atoms with E-state index in [9.17, 15) is 0 Å². The smallest absolute Gasteiger partial charge is 0.120 e. The van der Waals surface area contributed by atoms with E-state index in [1.165, 1.54) is 15.0 Å². The zero-order chi connectivity index (χ0) is 10.1. The third-order valence-electron chi connectivity index (χ3n) is 2.12. The van der Waals surface area contributed by atoms with Gasteiger partial charge in [0.05, 0.1) is 6.61 Å². The Morgan fingerprint density at radius 3 is 2.93 bits per heavy atom. The Kier molecular flexibility index (Phi) is 2.70. The van der Waals surface area contributed by atoms with E-state index in [4.69, 9.17) is 4.74 Å². The van der Waals surface area contributed by atoms with Crippen LogP contribution in [-0.2, 0) is 0 Å². The molecule has 1 aromatic heterocycles. The summed E-state index contributed by atoms with van der Waals surface area (Å²) in [4.78, 5) is 2.35. The second-order valence-electron chi connectivity index (χ2n) is 3.10. The lowest BCUT2D eigenvalue weighted by Gasteiger charge is -2.01. The van der Waals surface area contributed by atoms with Crippen LogP contribution in [0, 0.1) is 6.92 Å². The van der Waals surface area contributed by atoms with Gasteiger partial charge in [-0.1, -0.05) is 0 Å². The number of aryl methyl sites for hydroxylation is 1. The van der Waals surface area contributed by atoms with Gasteiger partial charge < -0.3 is 4.74 Å². The van der Waals surface area contributed by atoms with E-state index in [1.807, 2.05) is 13.0 Å². The third kappa shape index (κ3) is 1.62. The van der Waals surface area contributed by atoms with Crippen molar-refractivity contribution in [3.05, 3.63) is 23.1 Å². The number of thiol groups is 1. The highest BCUT2D eigenvalue weighted by atomic mass is 32.1. The molecular weight excluding hydrogens is 212 g/mol. The molecule has 0 aliphatic rings. The fraction of sp³-hybridized carbons (Fsp3) is 0.273. The SMILES string of the molecule is CCOc1ccc2c(S)c(C)sc2c1. The van der Waals surface area contributed by atoms with Gasteiger partial charge in [-0.05, 0) is 32.0 Å². The molecule has 0 aliphatic heterocycles. The second-order valence-corrected chi connectivity index (χ2v) is 4.80. The summed E-state index contributed by atoms with van der Waals surface area (Å²) in [5, 5.41) is 1.22. The predicted molar refractivity (Wildman–Crippen MR) is 65.0 cm³/mol. The van der Waals surface area contributed by atoms with Crippen LogP contribution in [0.4, 0.5) is 0 Å². The van der Waals surface area contributed by atoms with Gasteiger partial charge in [0.15, 0.2) is 0 Å². The van der Waals surface area contributed by atoms with E-state index in [-0.39, 0.29) is 0 Å². The van der Waals surface area contributed by atoms with Crippen LogP contribution in [0.1, 0.15) is 11.8 Å². The Morgan fingerprint density at radius 1 is 1.43 bits per heavy atom. The molecule has 1 nitrogen and oxygen atoms in total. The van der Waals surface area contributed by atoms with Gasteiger partial charge in [-0.2, -0.15) is 0 Å². The topological polar surface area (TPSA) is 9.23 Å². The van der Waals surface area contributed by atoms with Crippen molar-refractivity contribution < 1.29 is 4.74 Å². The first-order valence-electron chi connectivity index (χ1n) is 4.57. The van der Waals surface area contributed by atoms with Crippen LogP contribution in [0.3, 0.4) is 0 Å². The molecule has 74 valence electrons. The maximum atomic E-state index is 5.44. The summed E-state index contributed by atoms with van der Waals surface area (Å²) >= 11 is 6.23. The second kappa shape index (κ2) is 3.83. The third-order valence-corrected chi connectivity index (χ3v) is 3.91. The minimum absolute atomic E-state index is 0.712. The summed E-state index contributed by atoms with van der Waals surface area (Å²) in [6.45, 7) is 4.80. The summed E-state index contributed by atoms with van der Waals surface area (Å²) in [5.41, 5.74) is 0. The number of ether oxygens (including phenoxy) is 1. The molecule has 0 aliphatic carbocycles. The highest BCUT2D eigenvalue weighted by molar-refractivity contribution is 7.80. The van der Waals surface area contributed by atoms with Crippen LogP contribution in [0.5, 0.6) is 5.75 Å². The summed E-state index contributed by atoms with van der Waals surface area (Å²) < 4.78 is 6.69. The van der Waals surface area contributed by atoms with E-state index >= 15 is 0 Å². The average Bonchev–Trinajstić information content (AvgIpc) is 2.43. The van der Waals surface area contributed by atoms with E-state index in [0.717, 1.165) is 10.6 Å². The summed E-state index contributed by atoms with van der Waals surface area (Å²) in [7, 11) is 0. The number of benzene rings is 1. The first-order chi connectivity index (χ1) is 6.72. The maximum Gasteiger partial charge on any atom is 0.120 e. The fourth-order valence-electron chi connectivity index (χ4n) is 1.44. The van der Waals surface area contributed by atoms with Crippen LogP contribution < -0.4 is 4.74 Å². The minimum atomic E-state index is 0.712. The number of thiophene rings is 1. The van der Waals surface area contributed by atoms with Gasteiger partial charge in [-0.3, -0.25) is 0 Å². The van der Waals surface area contributed by atoms with Crippen molar-refractivity contribution in [2.24, 2.45) is 0 Å². The molecular formula is C11H12OS2. The summed E-state index contributed by atoms with van der Waals surface area (Å²) in [5.74, 6) is 0.939. The number of rotatable bonds is 2. The van der Waals surface area contributed by atoms with E-state index in [2.05, 4.69) is 31.7 Å². The molecule has 0 radical (unpaired) electrons. The first kappa shape index (κ1) is 9.87. The molecule has 0 atom stereocenters. The Labute approximate surface area is 93.1 Å². The number of hydrogen-bond acceptors (Lipinski definition) is 3. The summed E-state index contributed by atoms with van der Waals surface area (Å²) in [6.07, 6.45) is 0. The monoisotopic (exact) mass is 224 g/mol. The standard InChI is InChI=1S/C11H12OS2/c1-3-12-8-4-5-9-10(6-8)14-7(2)11(9)13/h4-6,13H,3H2,1-2H3. The molecule has 1 heterocycles. The normalized spacial score (nSPS) is 10.8. The Balaban J connectivity index is 2.56. The number of fused-ring (bicyclic) bond motifs is 1. The lowest BCUT2D eigenvalue weighted by molar-refractivity contribution is 0.341. The van der Waals surface area contributed by atoms with Crippen LogP contribution in [0.15, 0.2) is 23.1 Å². The van der Waals surface area contributed by atoms with Crippen molar-refractivity contribution in [3.63, 3.8) is 0 Å². The molecule has 0 fully saturated rings. The van der Waals surface area contributed by atoms with Gasteiger partial charge >= 0.3 is 0 Å². The largest absolute Gasteiger partial charge is 0.494 e. The minimum Gasteiger partial charge on any atom is -0.494 e. The highest BCUT2D eigenvalue weighted by Crippen LogP contribution is 2.35. The van der Waals surface area contributed by atoms with Crippen molar-refractivity contribution in [2.75, 3.05) is 6.61 Å². The van der Waals surface area contributed by atoms with Crippen molar-refractivity contribution >= 4 is 34.1 Å². The molecule has 0 amide bonds.